The van der Waals surface area contributed by atoms with Crippen LogP contribution in [0, 0.1) is 11.3 Å². The summed E-state index contributed by atoms with van der Waals surface area (Å²) in [4.78, 5) is 51.6. The van der Waals surface area contributed by atoms with Gasteiger partial charge < -0.3 is 42.7 Å². The molecule has 1 aliphatic heterocycles. The van der Waals surface area contributed by atoms with Gasteiger partial charge in [-0.2, -0.15) is 0 Å². The topological polar surface area (TPSA) is 181 Å². The minimum Gasteiger partial charge on any atom is -0.472 e. The summed E-state index contributed by atoms with van der Waals surface area (Å²) in [7, 11) is 0. The highest BCUT2D eigenvalue weighted by atomic mass is 16.6. The molecule has 1 spiro atoms. The molecule has 8 atom stereocenters. The van der Waals surface area contributed by atoms with E-state index in [1.54, 1.807) is 13.8 Å². The van der Waals surface area contributed by atoms with Crippen molar-refractivity contribution in [2.45, 2.75) is 88.7 Å². The number of carbonyl (C=O) groups is 4. The number of aliphatic hydroxyl groups excluding tert-OH is 1. The number of rotatable bonds is 7. The summed E-state index contributed by atoms with van der Waals surface area (Å²) >= 11 is 0. The first-order valence-corrected chi connectivity index (χ1v) is 13.6. The van der Waals surface area contributed by atoms with Crippen LogP contribution in [-0.4, -0.2) is 81.9 Å². The number of ether oxygens (including phenoxy) is 5. The Bertz CT molecular complexity index is 1340. The Labute approximate surface area is 241 Å². The van der Waals surface area contributed by atoms with Crippen molar-refractivity contribution in [1.82, 2.24) is 0 Å². The van der Waals surface area contributed by atoms with E-state index >= 15 is 0 Å². The van der Waals surface area contributed by atoms with Gasteiger partial charge in [0.05, 0.1) is 46.9 Å². The highest BCUT2D eigenvalue weighted by Gasteiger charge is 2.86. The molecule has 0 radical (unpaired) electrons. The molecule has 2 aromatic heterocycles. The number of esters is 4. The number of furan rings is 2. The van der Waals surface area contributed by atoms with Gasteiger partial charge in [-0.3, -0.25) is 9.59 Å². The van der Waals surface area contributed by atoms with Crippen LogP contribution in [0.15, 0.2) is 46.0 Å². The highest BCUT2D eigenvalue weighted by Crippen LogP contribution is 2.68. The van der Waals surface area contributed by atoms with Crippen LogP contribution in [0.3, 0.4) is 0 Å². The molecule has 0 aromatic carbocycles. The van der Waals surface area contributed by atoms with Gasteiger partial charge in [-0.15, -0.1) is 0 Å². The maximum absolute atomic E-state index is 13.5. The minimum absolute atomic E-state index is 0.0152. The van der Waals surface area contributed by atoms with Crippen LogP contribution in [0.2, 0.25) is 0 Å². The van der Waals surface area contributed by atoms with Gasteiger partial charge >= 0.3 is 23.9 Å². The average Bonchev–Trinajstić information content (AvgIpc) is 3.64. The van der Waals surface area contributed by atoms with Crippen molar-refractivity contribution in [2.24, 2.45) is 11.3 Å². The van der Waals surface area contributed by atoms with Gasteiger partial charge in [0, 0.05) is 13.8 Å². The zero-order valence-corrected chi connectivity index (χ0v) is 23.9. The second-order valence-corrected chi connectivity index (χ2v) is 11.9. The van der Waals surface area contributed by atoms with E-state index in [1.807, 2.05) is 0 Å². The van der Waals surface area contributed by atoms with Gasteiger partial charge in [0.15, 0.2) is 6.10 Å². The molecule has 3 fully saturated rings. The number of carbonyl (C=O) groups excluding carboxylic acids is 4. The molecule has 1 saturated heterocycles. The molecule has 2 saturated carbocycles. The third kappa shape index (κ3) is 4.33. The van der Waals surface area contributed by atoms with Crippen molar-refractivity contribution >= 4 is 23.9 Å². The predicted molar refractivity (Wildman–Crippen MR) is 138 cm³/mol. The quantitative estimate of drug-likeness (QED) is 0.354. The second kappa shape index (κ2) is 10.2. The summed E-state index contributed by atoms with van der Waals surface area (Å²) in [6, 6.07) is 2.74. The number of hydrogen-bond acceptors (Lipinski definition) is 13. The normalized spacial score (nSPS) is 36.4. The van der Waals surface area contributed by atoms with E-state index < -0.39 is 83.0 Å². The molecule has 2 aromatic rings. The van der Waals surface area contributed by atoms with E-state index in [1.165, 1.54) is 37.8 Å². The average molecular weight is 591 g/mol. The van der Waals surface area contributed by atoms with Crippen LogP contribution in [0.4, 0.5) is 0 Å². The Morgan fingerprint density at radius 2 is 1.52 bits per heavy atom. The minimum atomic E-state index is -2.05. The first kappa shape index (κ1) is 29.8. The Hall–Kier alpha value is -3.68. The van der Waals surface area contributed by atoms with E-state index in [0.29, 0.717) is 0 Å². The SMILES string of the molecule is CC(=O)OCC12C(OC(=O)c3ccoc3)CCC(C)(O)C13OC(C)(C)C(C(OC(C)=O)C2OC(=O)c1ccoc1)C3O. The predicted octanol–water partition coefficient (Wildman–Crippen LogP) is 2.19. The second-order valence-electron chi connectivity index (χ2n) is 11.9. The Balaban J connectivity index is 1.78. The van der Waals surface area contributed by atoms with Crippen molar-refractivity contribution in [3.8, 4) is 0 Å². The molecule has 42 heavy (non-hydrogen) atoms. The summed E-state index contributed by atoms with van der Waals surface area (Å²) in [6.07, 6.45) is -1.02. The lowest BCUT2D eigenvalue weighted by Gasteiger charge is -2.65. The molecule has 5 rings (SSSR count). The smallest absolute Gasteiger partial charge is 0.341 e. The van der Waals surface area contributed by atoms with E-state index in [-0.39, 0.29) is 24.0 Å². The molecule has 2 N–H and O–H groups in total. The van der Waals surface area contributed by atoms with Gasteiger partial charge in [0.25, 0.3) is 0 Å². The van der Waals surface area contributed by atoms with Gasteiger partial charge in [0.1, 0.15) is 42.4 Å². The monoisotopic (exact) mass is 590 g/mol. The van der Waals surface area contributed by atoms with Crippen molar-refractivity contribution in [3.05, 3.63) is 48.3 Å². The van der Waals surface area contributed by atoms with Gasteiger partial charge in [-0.05, 0) is 45.7 Å². The van der Waals surface area contributed by atoms with Crippen LogP contribution in [0.1, 0.15) is 68.2 Å². The third-order valence-corrected chi connectivity index (χ3v) is 8.92. The molecular formula is C29H34O13. The molecule has 3 heterocycles. The van der Waals surface area contributed by atoms with Gasteiger partial charge in [-0.25, -0.2) is 9.59 Å². The molecule has 13 nitrogen and oxygen atoms in total. The number of hydrogen-bond donors (Lipinski definition) is 2. The molecular weight excluding hydrogens is 556 g/mol. The largest absolute Gasteiger partial charge is 0.472 e. The van der Waals surface area contributed by atoms with Crippen LogP contribution in [0.25, 0.3) is 0 Å². The molecule has 0 amide bonds. The zero-order valence-electron chi connectivity index (χ0n) is 23.9. The first-order chi connectivity index (χ1) is 19.7. The van der Waals surface area contributed by atoms with E-state index in [4.69, 9.17) is 32.5 Å². The molecule has 2 bridgehead atoms. The Morgan fingerprint density at radius 3 is 2.05 bits per heavy atom. The number of fused-ring (bicyclic) bond motifs is 1. The van der Waals surface area contributed by atoms with Crippen LogP contribution in [-0.2, 0) is 33.3 Å². The van der Waals surface area contributed by atoms with Crippen molar-refractivity contribution in [3.63, 3.8) is 0 Å². The molecule has 3 aliphatic rings. The lowest BCUT2D eigenvalue weighted by Crippen LogP contribution is -2.83. The summed E-state index contributed by atoms with van der Waals surface area (Å²) in [6.45, 7) is 6.38. The van der Waals surface area contributed by atoms with Crippen molar-refractivity contribution in [2.75, 3.05) is 6.61 Å². The Morgan fingerprint density at radius 1 is 0.929 bits per heavy atom. The van der Waals surface area contributed by atoms with Gasteiger partial charge in [-0.1, -0.05) is 0 Å². The Kier molecular flexibility index (Phi) is 7.27. The van der Waals surface area contributed by atoms with E-state index in [9.17, 15) is 29.4 Å². The fourth-order valence-electron chi connectivity index (χ4n) is 7.33. The van der Waals surface area contributed by atoms with E-state index in [2.05, 4.69) is 0 Å². The van der Waals surface area contributed by atoms with Crippen molar-refractivity contribution < 1.29 is 61.9 Å². The lowest BCUT2D eigenvalue weighted by molar-refractivity contribution is -0.346. The summed E-state index contributed by atoms with van der Waals surface area (Å²) in [5, 5.41) is 24.2. The maximum Gasteiger partial charge on any atom is 0.341 e. The van der Waals surface area contributed by atoms with Crippen LogP contribution in [0.5, 0.6) is 0 Å². The fraction of sp³-hybridized carbons (Fsp3) is 0.586. The molecule has 13 heteroatoms. The lowest BCUT2D eigenvalue weighted by atomic mass is 9.46. The highest BCUT2D eigenvalue weighted by molar-refractivity contribution is 5.90. The summed E-state index contributed by atoms with van der Waals surface area (Å²) in [5.41, 5.74) is -7.11. The fourth-order valence-corrected chi connectivity index (χ4v) is 7.33. The molecule has 228 valence electrons. The molecule has 2 aliphatic carbocycles. The third-order valence-electron chi connectivity index (χ3n) is 8.92. The van der Waals surface area contributed by atoms with Crippen LogP contribution >= 0.6 is 0 Å². The molecule has 8 unspecified atom stereocenters. The summed E-state index contributed by atoms with van der Waals surface area (Å²) in [5.74, 6) is -4.28. The van der Waals surface area contributed by atoms with Crippen molar-refractivity contribution in [1.29, 1.82) is 0 Å². The zero-order chi connectivity index (χ0) is 30.7. The first-order valence-electron chi connectivity index (χ1n) is 13.6. The maximum atomic E-state index is 13.5. The van der Waals surface area contributed by atoms with E-state index in [0.717, 1.165) is 20.1 Å². The summed E-state index contributed by atoms with van der Waals surface area (Å²) < 4.78 is 40.1. The van der Waals surface area contributed by atoms with Gasteiger partial charge in [0.2, 0.25) is 0 Å². The van der Waals surface area contributed by atoms with Crippen LogP contribution < -0.4 is 0 Å². The standard InChI is InChI=1S/C29H34O13/c1-15(30)38-14-28-19(40-24(33)17-7-10-36-12-17)6-9-27(5,35)29(28)22(32)20(26(3,4)42-29)21(39-16(2)31)23(28)41-25(34)18-8-11-37-13-18/h7-8,10-13,19-23,32,35H,6,9,14H2,1-5H3. The number of aliphatic hydroxyl groups is 2.